The van der Waals surface area contributed by atoms with Crippen molar-refractivity contribution in [3.63, 3.8) is 0 Å². The second-order valence-corrected chi connectivity index (χ2v) is 8.98. The predicted octanol–water partition coefficient (Wildman–Crippen LogP) is 3.33. The quantitative estimate of drug-likeness (QED) is 0.732. The van der Waals surface area contributed by atoms with Crippen molar-refractivity contribution in [1.82, 2.24) is 0 Å². The van der Waals surface area contributed by atoms with E-state index >= 15 is 0 Å². The van der Waals surface area contributed by atoms with Gasteiger partial charge in [-0.25, -0.2) is 8.42 Å². The average molecular weight is 388 g/mol. The molecule has 0 aromatic heterocycles. The van der Waals surface area contributed by atoms with E-state index in [0.29, 0.717) is 11.4 Å². The lowest BCUT2D eigenvalue weighted by Crippen LogP contribution is -2.51. The summed E-state index contributed by atoms with van der Waals surface area (Å²) in [6.07, 6.45) is 3.61. The van der Waals surface area contributed by atoms with Crippen LogP contribution in [0.4, 0.5) is 11.4 Å². The van der Waals surface area contributed by atoms with Crippen LogP contribution in [-0.4, -0.2) is 19.9 Å². The van der Waals surface area contributed by atoms with Crippen LogP contribution in [0.25, 0.3) is 0 Å². The normalized spacial score (nSPS) is 22.8. The molecule has 27 heavy (non-hydrogen) atoms. The number of hydrogen-bond acceptors (Lipinski definition) is 4. The molecular weight excluding hydrogens is 362 g/mol. The Morgan fingerprint density at radius 1 is 1.07 bits per heavy atom. The topological polar surface area (TPSA) is 101 Å². The van der Waals surface area contributed by atoms with Gasteiger partial charge in [0, 0.05) is 11.2 Å². The second-order valence-electron chi connectivity index (χ2n) is 7.29. The van der Waals surface area contributed by atoms with Crippen molar-refractivity contribution in [3.05, 3.63) is 54.6 Å². The van der Waals surface area contributed by atoms with E-state index in [1.165, 1.54) is 12.1 Å². The van der Waals surface area contributed by atoms with Gasteiger partial charge in [-0.1, -0.05) is 37.1 Å². The first-order valence-electron chi connectivity index (χ1n) is 9.06. The van der Waals surface area contributed by atoms with Crippen LogP contribution in [0, 0.1) is 5.92 Å². The number of carbonyl (C=O) groups excluding carboxylic acids is 1. The summed E-state index contributed by atoms with van der Waals surface area (Å²) in [5.74, 6) is -0.376. The number of amides is 1. The highest BCUT2D eigenvalue weighted by molar-refractivity contribution is 7.92. The van der Waals surface area contributed by atoms with Gasteiger partial charge in [0.2, 0.25) is 5.91 Å². The van der Waals surface area contributed by atoms with Crippen molar-refractivity contribution in [1.29, 1.82) is 0 Å². The van der Waals surface area contributed by atoms with Gasteiger partial charge in [0.1, 0.15) is 0 Å². The van der Waals surface area contributed by atoms with Crippen LogP contribution in [0.15, 0.2) is 59.5 Å². The summed E-state index contributed by atoms with van der Waals surface area (Å²) >= 11 is 0. The predicted molar refractivity (Wildman–Crippen MR) is 107 cm³/mol. The van der Waals surface area contributed by atoms with E-state index in [2.05, 4.69) is 10.0 Å². The van der Waals surface area contributed by atoms with Gasteiger partial charge in [0.25, 0.3) is 10.0 Å². The van der Waals surface area contributed by atoms with Crippen LogP contribution >= 0.6 is 0 Å². The number of nitrogens with two attached hydrogens (primary N) is 1. The molecule has 1 saturated carbocycles. The minimum absolute atomic E-state index is 0.122. The Labute approximate surface area is 160 Å². The summed E-state index contributed by atoms with van der Waals surface area (Å²) in [5, 5.41) is 2.88. The molecule has 144 valence electrons. The molecule has 7 heteroatoms. The Balaban J connectivity index is 1.73. The molecule has 2 aromatic rings. The van der Waals surface area contributed by atoms with E-state index in [1.54, 1.807) is 42.5 Å². The maximum atomic E-state index is 12.7. The van der Waals surface area contributed by atoms with Gasteiger partial charge in [0.15, 0.2) is 0 Å². The third-order valence-electron chi connectivity index (χ3n) is 5.01. The number of hydrogen-bond donors (Lipinski definition) is 3. The third-order valence-corrected chi connectivity index (χ3v) is 6.40. The lowest BCUT2D eigenvalue weighted by atomic mass is 9.74. The van der Waals surface area contributed by atoms with Crippen molar-refractivity contribution >= 4 is 27.3 Å². The monoisotopic (exact) mass is 387 g/mol. The Morgan fingerprint density at radius 2 is 1.78 bits per heavy atom. The highest BCUT2D eigenvalue weighted by Crippen LogP contribution is 2.32. The molecule has 2 aromatic carbocycles. The zero-order valence-corrected chi connectivity index (χ0v) is 16.1. The minimum Gasteiger partial charge on any atom is -0.326 e. The Morgan fingerprint density at radius 3 is 2.48 bits per heavy atom. The maximum Gasteiger partial charge on any atom is 0.261 e. The van der Waals surface area contributed by atoms with Gasteiger partial charge in [-0.05, 0) is 50.1 Å². The molecule has 1 aliphatic carbocycles. The van der Waals surface area contributed by atoms with Gasteiger partial charge >= 0.3 is 0 Å². The minimum atomic E-state index is -3.68. The first kappa shape index (κ1) is 19.4. The smallest absolute Gasteiger partial charge is 0.261 e. The maximum absolute atomic E-state index is 12.7. The molecule has 4 N–H and O–H groups in total. The number of anilines is 2. The van der Waals surface area contributed by atoms with Gasteiger partial charge in [-0.2, -0.15) is 0 Å². The molecule has 0 spiro atoms. The summed E-state index contributed by atoms with van der Waals surface area (Å²) in [4.78, 5) is 12.9. The average Bonchev–Trinajstić information content (AvgIpc) is 2.62. The van der Waals surface area contributed by atoms with Crippen LogP contribution in [0.3, 0.4) is 0 Å². The van der Waals surface area contributed by atoms with E-state index in [0.717, 1.165) is 25.7 Å². The van der Waals surface area contributed by atoms with Crippen LogP contribution in [0.5, 0.6) is 0 Å². The fourth-order valence-corrected chi connectivity index (χ4v) is 4.56. The van der Waals surface area contributed by atoms with E-state index < -0.39 is 15.6 Å². The molecule has 2 atom stereocenters. The second kappa shape index (κ2) is 7.70. The van der Waals surface area contributed by atoms with Crippen LogP contribution in [0.2, 0.25) is 0 Å². The van der Waals surface area contributed by atoms with Crippen molar-refractivity contribution < 1.29 is 13.2 Å². The standard InChI is InChI=1S/C20H25N3O3S/c1-20(21)13-6-5-12-18(20)19(24)22-15-8-7-9-16(14-15)23-27(25,26)17-10-3-2-4-11-17/h2-4,7-11,14,18,23H,5-6,12-13,21H2,1H3,(H,22,24). The molecule has 1 aliphatic rings. The highest BCUT2D eigenvalue weighted by atomic mass is 32.2. The van der Waals surface area contributed by atoms with Gasteiger partial charge in [0.05, 0.1) is 16.5 Å². The molecule has 0 radical (unpaired) electrons. The summed E-state index contributed by atoms with van der Waals surface area (Å²) in [6.45, 7) is 1.92. The van der Waals surface area contributed by atoms with Crippen molar-refractivity contribution in [2.45, 2.75) is 43.0 Å². The molecule has 3 rings (SSSR count). The number of benzene rings is 2. The first-order valence-corrected chi connectivity index (χ1v) is 10.5. The summed E-state index contributed by atoms with van der Waals surface area (Å²) in [7, 11) is -3.68. The Bertz CT molecular complexity index is 911. The fourth-order valence-electron chi connectivity index (χ4n) is 3.49. The zero-order valence-electron chi connectivity index (χ0n) is 15.3. The molecule has 0 bridgehead atoms. The third kappa shape index (κ3) is 4.67. The number of sulfonamides is 1. The Kier molecular flexibility index (Phi) is 5.53. The van der Waals surface area contributed by atoms with E-state index in [1.807, 2.05) is 6.92 Å². The lowest BCUT2D eigenvalue weighted by Gasteiger charge is -2.37. The van der Waals surface area contributed by atoms with Gasteiger partial charge in [-0.3, -0.25) is 9.52 Å². The van der Waals surface area contributed by atoms with E-state index in [9.17, 15) is 13.2 Å². The SMILES string of the molecule is CC1(N)CCCCC1C(=O)Nc1cccc(NS(=O)(=O)c2ccccc2)c1. The zero-order chi connectivity index (χ0) is 19.5. The van der Waals surface area contributed by atoms with E-state index in [4.69, 9.17) is 5.73 Å². The molecular formula is C20H25N3O3S. The number of rotatable bonds is 5. The lowest BCUT2D eigenvalue weighted by molar-refractivity contribution is -0.122. The largest absolute Gasteiger partial charge is 0.326 e. The molecule has 6 nitrogen and oxygen atoms in total. The number of nitrogens with one attached hydrogen (secondary N) is 2. The summed E-state index contributed by atoms with van der Waals surface area (Å²) < 4.78 is 27.4. The summed E-state index contributed by atoms with van der Waals surface area (Å²) in [6, 6.07) is 14.8. The Hall–Kier alpha value is -2.38. The molecule has 0 saturated heterocycles. The van der Waals surface area contributed by atoms with Crippen LogP contribution < -0.4 is 15.8 Å². The number of carbonyl (C=O) groups is 1. The van der Waals surface area contributed by atoms with Crippen LogP contribution in [0.1, 0.15) is 32.6 Å². The molecule has 0 heterocycles. The van der Waals surface area contributed by atoms with Crippen molar-refractivity contribution in [2.75, 3.05) is 10.0 Å². The molecule has 2 unspecified atom stereocenters. The van der Waals surface area contributed by atoms with Gasteiger partial charge in [-0.15, -0.1) is 0 Å². The first-order chi connectivity index (χ1) is 12.8. The molecule has 1 amide bonds. The summed E-state index contributed by atoms with van der Waals surface area (Å²) in [5.41, 5.74) is 6.70. The van der Waals surface area contributed by atoms with Crippen LogP contribution in [-0.2, 0) is 14.8 Å². The fraction of sp³-hybridized carbons (Fsp3) is 0.350. The van der Waals surface area contributed by atoms with Crippen molar-refractivity contribution in [2.24, 2.45) is 11.7 Å². The molecule has 0 aliphatic heterocycles. The van der Waals surface area contributed by atoms with E-state index in [-0.39, 0.29) is 16.7 Å². The highest BCUT2D eigenvalue weighted by Gasteiger charge is 2.37. The van der Waals surface area contributed by atoms with Gasteiger partial charge < -0.3 is 11.1 Å². The molecule has 1 fully saturated rings. The van der Waals surface area contributed by atoms with Crippen molar-refractivity contribution in [3.8, 4) is 0 Å².